The van der Waals surface area contributed by atoms with Gasteiger partial charge in [0, 0.05) is 24.4 Å². The first-order chi connectivity index (χ1) is 7.29. The van der Waals surface area contributed by atoms with Crippen molar-refractivity contribution in [3.63, 3.8) is 0 Å². The van der Waals surface area contributed by atoms with Crippen molar-refractivity contribution in [3.05, 3.63) is 29.6 Å². The second kappa shape index (κ2) is 6.18. The first kappa shape index (κ1) is 11.7. The van der Waals surface area contributed by atoms with Crippen LogP contribution in [0.15, 0.2) is 18.3 Å². The third kappa shape index (κ3) is 3.35. The monoisotopic (exact) mass is 203 g/mol. The molecule has 0 saturated heterocycles. The molecule has 3 heteroatoms. The van der Waals surface area contributed by atoms with Crippen molar-refractivity contribution in [1.82, 2.24) is 10.4 Å². The van der Waals surface area contributed by atoms with E-state index in [0.717, 1.165) is 24.1 Å². The number of aryl methyl sites for hydroxylation is 1. The minimum Gasteiger partial charge on any atom is -0.271 e. The molecule has 3 N–H and O–H groups in total. The zero-order chi connectivity index (χ0) is 11.1. The Hall–Kier alpha value is -1.37. The molecule has 0 aliphatic heterocycles. The van der Waals surface area contributed by atoms with Gasteiger partial charge >= 0.3 is 0 Å². The van der Waals surface area contributed by atoms with Gasteiger partial charge in [0.25, 0.3) is 0 Å². The zero-order valence-corrected chi connectivity index (χ0v) is 9.25. The zero-order valence-electron chi connectivity index (χ0n) is 9.25. The predicted molar refractivity (Wildman–Crippen MR) is 61.7 cm³/mol. The summed E-state index contributed by atoms with van der Waals surface area (Å²) in [5, 5.41) is 0. The van der Waals surface area contributed by atoms with E-state index in [1.165, 1.54) is 0 Å². The summed E-state index contributed by atoms with van der Waals surface area (Å²) in [5.41, 5.74) is 4.98. The van der Waals surface area contributed by atoms with Crippen molar-refractivity contribution in [2.75, 3.05) is 0 Å². The van der Waals surface area contributed by atoms with E-state index < -0.39 is 0 Å². The molecule has 0 aliphatic carbocycles. The number of hydrogen-bond donors (Lipinski definition) is 2. The SMILES string of the molecule is CC#CCCC(NN)c1cccnc1C. The van der Waals surface area contributed by atoms with Gasteiger partial charge in [0.1, 0.15) is 0 Å². The molecule has 3 nitrogen and oxygen atoms in total. The molecule has 0 aromatic carbocycles. The standard InChI is InChI=1S/C12H17N3/c1-3-4-5-8-12(15-13)11-7-6-9-14-10(11)2/h6-7,9,12,15H,5,8,13H2,1-2H3. The quantitative estimate of drug-likeness (QED) is 0.445. The smallest absolute Gasteiger partial charge is 0.0487 e. The van der Waals surface area contributed by atoms with Gasteiger partial charge < -0.3 is 0 Å². The Morgan fingerprint density at radius 1 is 1.60 bits per heavy atom. The molecule has 0 aliphatic rings. The van der Waals surface area contributed by atoms with Crippen molar-refractivity contribution in [3.8, 4) is 11.8 Å². The van der Waals surface area contributed by atoms with E-state index in [1.807, 2.05) is 26.0 Å². The average Bonchev–Trinajstić information content (AvgIpc) is 2.26. The molecule has 1 heterocycles. The summed E-state index contributed by atoms with van der Waals surface area (Å²) in [6.45, 7) is 3.84. The van der Waals surface area contributed by atoms with Crippen LogP contribution >= 0.6 is 0 Å². The highest BCUT2D eigenvalue weighted by atomic mass is 15.2. The second-order valence-corrected chi connectivity index (χ2v) is 3.36. The van der Waals surface area contributed by atoms with Gasteiger partial charge in [0.15, 0.2) is 0 Å². The lowest BCUT2D eigenvalue weighted by Gasteiger charge is -2.16. The number of hydrazine groups is 1. The fraction of sp³-hybridized carbons (Fsp3) is 0.417. The van der Waals surface area contributed by atoms with E-state index in [-0.39, 0.29) is 6.04 Å². The molecule has 1 aromatic heterocycles. The normalized spacial score (nSPS) is 11.7. The van der Waals surface area contributed by atoms with Crippen LogP contribution < -0.4 is 11.3 Å². The van der Waals surface area contributed by atoms with Crippen LogP contribution in [0.5, 0.6) is 0 Å². The largest absolute Gasteiger partial charge is 0.271 e. The van der Waals surface area contributed by atoms with E-state index in [9.17, 15) is 0 Å². The van der Waals surface area contributed by atoms with Crippen LogP contribution in [0.4, 0.5) is 0 Å². The highest BCUT2D eigenvalue weighted by molar-refractivity contribution is 5.22. The first-order valence-electron chi connectivity index (χ1n) is 5.06. The molecule has 0 bridgehead atoms. The predicted octanol–water partition coefficient (Wildman–Crippen LogP) is 1.70. The van der Waals surface area contributed by atoms with Crippen LogP contribution in [0.1, 0.15) is 37.1 Å². The topological polar surface area (TPSA) is 50.9 Å². The van der Waals surface area contributed by atoms with Crippen LogP contribution in [0.3, 0.4) is 0 Å². The van der Waals surface area contributed by atoms with Crippen molar-refractivity contribution in [2.24, 2.45) is 5.84 Å². The number of pyridine rings is 1. The van der Waals surface area contributed by atoms with Crippen LogP contribution in [0.2, 0.25) is 0 Å². The van der Waals surface area contributed by atoms with Gasteiger partial charge in [-0.25, -0.2) is 0 Å². The van der Waals surface area contributed by atoms with E-state index in [1.54, 1.807) is 6.20 Å². The summed E-state index contributed by atoms with van der Waals surface area (Å²) in [7, 11) is 0. The molecule has 1 unspecified atom stereocenters. The third-order valence-electron chi connectivity index (χ3n) is 2.36. The summed E-state index contributed by atoms with van der Waals surface area (Å²) in [4.78, 5) is 4.24. The summed E-state index contributed by atoms with van der Waals surface area (Å²) >= 11 is 0. The van der Waals surface area contributed by atoms with Crippen LogP contribution in [0.25, 0.3) is 0 Å². The molecule has 0 fully saturated rings. The lowest BCUT2D eigenvalue weighted by atomic mass is 10.0. The maximum Gasteiger partial charge on any atom is 0.0487 e. The molecular weight excluding hydrogens is 186 g/mol. The van der Waals surface area contributed by atoms with Gasteiger partial charge in [0.05, 0.1) is 0 Å². The Labute approximate surface area is 91.1 Å². The Morgan fingerprint density at radius 2 is 2.40 bits per heavy atom. The summed E-state index contributed by atoms with van der Waals surface area (Å²) in [6.07, 6.45) is 3.54. The van der Waals surface area contributed by atoms with Crippen molar-refractivity contribution < 1.29 is 0 Å². The Morgan fingerprint density at radius 3 is 3.00 bits per heavy atom. The van der Waals surface area contributed by atoms with E-state index in [2.05, 4.69) is 22.3 Å². The average molecular weight is 203 g/mol. The molecule has 1 atom stereocenters. The summed E-state index contributed by atoms with van der Waals surface area (Å²) < 4.78 is 0. The molecular formula is C12H17N3. The van der Waals surface area contributed by atoms with Gasteiger partial charge in [-0.05, 0) is 31.9 Å². The molecule has 0 radical (unpaired) electrons. The number of rotatable bonds is 4. The van der Waals surface area contributed by atoms with Gasteiger partial charge in [-0.15, -0.1) is 11.8 Å². The maximum absolute atomic E-state index is 5.53. The Kier molecular flexibility index (Phi) is 4.82. The molecule has 0 spiro atoms. The van der Waals surface area contributed by atoms with E-state index >= 15 is 0 Å². The fourth-order valence-electron chi connectivity index (χ4n) is 1.54. The highest BCUT2D eigenvalue weighted by Crippen LogP contribution is 2.19. The number of nitrogens with two attached hydrogens (primary N) is 1. The number of nitrogens with one attached hydrogen (secondary N) is 1. The lowest BCUT2D eigenvalue weighted by molar-refractivity contribution is 0.519. The second-order valence-electron chi connectivity index (χ2n) is 3.36. The van der Waals surface area contributed by atoms with Crippen LogP contribution in [0, 0.1) is 18.8 Å². The summed E-state index contributed by atoms with van der Waals surface area (Å²) in [6, 6.07) is 4.12. The Balaban J connectivity index is 2.72. The van der Waals surface area contributed by atoms with Crippen molar-refractivity contribution in [2.45, 2.75) is 32.7 Å². The molecule has 1 rings (SSSR count). The number of hydrogen-bond acceptors (Lipinski definition) is 3. The third-order valence-corrected chi connectivity index (χ3v) is 2.36. The number of nitrogens with zero attached hydrogens (tertiary/aromatic N) is 1. The van der Waals surface area contributed by atoms with Gasteiger partial charge in [-0.3, -0.25) is 16.3 Å². The minimum atomic E-state index is 0.138. The molecule has 1 aromatic rings. The van der Waals surface area contributed by atoms with Crippen LogP contribution in [-0.2, 0) is 0 Å². The molecule has 15 heavy (non-hydrogen) atoms. The van der Waals surface area contributed by atoms with Crippen molar-refractivity contribution in [1.29, 1.82) is 0 Å². The fourth-order valence-corrected chi connectivity index (χ4v) is 1.54. The van der Waals surface area contributed by atoms with Crippen LogP contribution in [-0.4, -0.2) is 4.98 Å². The summed E-state index contributed by atoms with van der Waals surface area (Å²) in [5.74, 6) is 11.4. The van der Waals surface area contributed by atoms with Gasteiger partial charge in [-0.2, -0.15) is 0 Å². The number of aromatic nitrogens is 1. The molecule has 80 valence electrons. The van der Waals surface area contributed by atoms with Gasteiger partial charge in [-0.1, -0.05) is 6.07 Å². The highest BCUT2D eigenvalue weighted by Gasteiger charge is 2.11. The Bertz CT molecular complexity index is 363. The van der Waals surface area contributed by atoms with Gasteiger partial charge in [0.2, 0.25) is 0 Å². The lowest BCUT2D eigenvalue weighted by Crippen LogP contribution is -2.28. The maximum atomic E-state index is 5.53. The molecule has 0 amide bonds. The van der Waals surface area contributed by atoms with Crippen molar-refractivity contribution >= 4 is 0 Å². The minimum absolute atomic E-state index is 0.138. The van der Waals surface area contributed by atoms with E-state index in [0.29, 0.717) is 0 Å². The molecule has 0 saturated carbocycles. The first-order valence-corrected chi connectivity index (χ1v) is 5.06. The van der Waals surface area contributed by atoms with E-state index in [4.69, 9.17) is 5.84 Å².